The van der Waals surface area contributed by atoms with Gasteiger partial charge >= 0.3 is 5.97 Å². The summed E-state index contributed by atoms with van der Waals surface area (Å²) in [5.74, 6) is -0.0292. The summed E-state index contributed by atoms with van der Waals surface area (Å²) in [6, 6.07) is 13.0. The molecule has 0 amide bonds. The maximum absolute atomic E-state index is 12.3. The number of fused-ring (bicyclic) bond motifs is 2. The highest BCUT2D eigenvalue weighted by molar-refractivity contribution is 9.10. The number of carboxylic acids is 1. The van der Waals surface area contributed by atoms with Crippen molar-refractivity contribution < 1.29 is 14.6 Å². The SMILES string of the molecule is COc1ccc(-c2nc3c(s2)CN([C@@H](C(=O)O)c2c[nH]c4cc(Br)ccc24)CC3)cc1. The Bertz CT molecular complexity index is 1270. The molecule has 0 spiro atoms. The number of aromatic nitrogens is 2. The van der Waals surface area contributed by atoms with Gasteiger partial charge in [0.2, 0.25) is 0 Å². The van der Waals surface area contributed by atoms with Crippen molar-refractivity contribution in [2.75, 3.05) is 13.7 Å². The van der Waals surface area contributed by atoms with Crippen LogP contribution in [0.25, 0.3) is 21.5 Å². The summed E-state index contributed by atoms with van der Waals surface area (Å²) in [5, 5.41) is 12.0. The van der Waals surface area contributed by atoms with E-state index in [0.717, 1.165) is 54.3 Å². The molecule has 2 aromatic heterocycles. The van der Waals surface area contributed by atoms with Crippen molar-refractivity contribution in [1.29, 1.82) is 0 Å². The van der Waals surface area contributed by atoms with Crippen LogP contribution < -0.4 is 4.74 Å². The van der Waals surface area contributed by atoms with E-state index in [4.69, 9.17) is 9.72 Å². The quantitative estimate of drug-likeness (QED) is 0.393. The first-order chi connectivity index (χ1) is 15.0. The lowest BCUT2D eigenvalue weighted by Gasteiger charge is -2.31. The highest BCUT2D eigenvalue weighted by Gasteiger charge is 2.33. The molecule has 1 aliphatic heterocycles. The molecule has 6 nitrogen and oxygen atoms in total. The minimum atomic E-state index is -0.841. The smallest absolute Gasteiger partial charge is 0.325 e. The van der Waals surface area contributed by atoms with E-state index in [-0.39, 0.29) is 0 Å². The van der Waals surface area contributed by atoms with Crippen LogP contribution in [0.2, 0.25) is 0 Å². The maximum Gasteiger partial charge on any atom is 0.325 e. The number of nitrogens with zero attached hydrogens (tertiary/aromatic N) is 2. The lowest BCUT2D eigenvalue weighted by molar-refractivity contribution is -0.144. The van der Waals surface area contributed by atoms with E-state index < -0.39 is 12.0 Å². The Balaban J connectivity index is 1.45. The number of aromatic amines is 1. The molecule has 0 unspecified atom stereocenters. The van der Waals surface area contributed by atoms with Crippen LogP contribution in [-0.4, -0.2) is 39.6 Å². The van der Waals surface area contributed by atoms with Crippen LogP contribution >= 0.6 is 27.3 Å². The van der Waals surface area contributed by atoms with E-state index in [1.807, 2.05) is 53.6 Å². The molecule has 0 radical (unpaired) electrons. The van der Waals surface area contributed by atoms with E-state index in [9.17, 15) is 9.90 Å². The summed E-state index contributed by atoms with van der Waals surface area (Å²) >= 11 is 5.11. The molecule has 1 atom stereocenters. The number of aliphatic carboxylic acids is 1. The Kier molecular flexibility index (Phi) is 5.29. The summed E-state index contributed by atoms with van der Waals surface area (Å²) in [6.45, 7) is 1.22. The van der Waals surface area contributed by atoms with E-state index >= 15 is 0 Å². The summed E-state index contributed by atoms with van der Waals surface area (Å²) in [4.78, 5) is 23.5. The maximum atomic E-state index is 12.3. The average Bonchev–Trinajstić information content (AvgIpc) is 3.37. The van der Waals surface area contributed by atoms with Gasteiger partial charge in [-0.2, -0.15) is 0 Å². The number of nitrogens with one attached hydrogen (secondary N) is 1. The second kappa shape index (κ2) is 8.11. The van der Waals surface area contributed by atoms with Crippen molar-refractivity contribution in [3.63, 3.8) is 0 Å². The van der Waals surface area contributed by atoms with Crippen molar-refractivity contribution >= 4 is 44.1 Å². The van der Waals surface area contributed by atoms with E-state index in [0.29, 0.717) is 13.1 Å². The molecule has 5 rings (SSSR count). The van der Waals surface area contributed by atoms with Crippen molar-refractivity contribution in [2.24, 2.45) is 0 Å². The molecule has 1 aliphatic rings. The number of hydrogen-bond donors (Lipinski definition) is 2. The van der Waals surface area contributed by atoms with Gasteiger partial charge in [-0.05, 0) is 36.4 Å². The second-order valence-electron chi connectivity index (χ2n) is 7.51. The van der Waals surface area contributed by atoms with Gasteiger partial charge < -0.3 is 14.8 Å². The van der Waals surface area contributed by atoms with E-state index in [1.165, 1.54) is 0 Å². The molecular formula is C23H20BrN3O3S. The van der Waals surface area contributed by atoms with Crippen molar-refractivity contribution in [2.45, 2.75) is 19.0 Å². The van der Waals surface area contributed by atoms with Gasteiger partial charge in [0, 0.05) is 57.1 Å². The van der Waals surface area contributed by atoms with Crippen LogP contribution in [0.5, 0.6) is 5.75 Å². The summed E-state index contributed by atoms with van der Waals surface area (Å²) in [6.07, 6.45) is 2.56. The topological polar surface area (TPSA) is 78.4 Å². The van der Waals surface area contributed by atoms with Gasteiger partial charge in [0.05, 0.1) is 12.8 Å². The molecule has 158 valence electrons. The van der Waals surface area contributed by atoms with E-state index in [1.54, 1.807) is 18.4 Å². The van der Waals surface area contributed by atoms with Crippen molar-refractivity contribution in [1.82, 2.24) is 14.9 Å². The largest absolute Gasteiger partial charge is 0.497 e. The number of carbonyl (C=O) groups is 1. The Morgan fingerprint density at radius 3 is 2.84 bits per heavy atom. The number of methoxy groups -OCH3 is 1. The van der Waals surface area contributed by atoms with Crippen LogP contribution in [0.4, 0.5) is 0 Å². The Morgan fingerprint density at radius 1 is 1.29 bits per heavy atom. The zero-order valence-corrected chi connectivity index (χ0v) is 19.2. The van der Waals surface area contributed by atoms with E-state index in [2.05, 4.69) is 20.9 Å². The van der Waals surface area contributed by atoms with Crippen molar-refractivity contribution in [3.8, 4) is 16.3 Å². The number of carboxylic acid groups (broad SMARTS) is 1. The average molecular weight is 498 g/mol. The molecule has 0 saturated carbocycles. The molecule has 0 aliphatic carbocycles. The van der Waals surface area contributed by atoms with Gasteiger partial charge in [-0.15, -0.1) is 11.3 Å². The second-order valence-corrected chi connectivity index (χ2v) is 9.51. The molecule has 8 heteroatoms. The number of H-pyrrole nitrogens is 1. The lowest BCUT2D eigenvalue weighted by Crippen LogP contribution is -2.37. The summed E-state index contributed by atoms with van der Waals surface area (Å²) in [7, 11) is 1.65. The van der Waals surface area contributed by atoms with Crippen LogP contribution in [0.15, 0.2) is 53.1 Å². The fourth-order valence-electron chi connectivity index (χ4n) is 4.13. The number of benzene rings is 2. The van der Waals surface area contributed by atoms with Crippen LogP contribution in [0, 0.1) is 0 Å². The molecule has 0 bridgehead atoms. The predicted octanol–water partition coefficient (Wildman–Crippen LogP) is 5.25. The van der Waals surface area contributed by atoms with Gasteiger partial charge in [-0.3, -0.25) is 9.69 Å². The molecule has 31 heavy (non-hydrogen) atoms. The summed E-state index contributed by atoms with van der Waals surface area (Å²) < 4.78 is 6.19. The third-order valence-corrected chi connectivity index (χ3v) is 7.29. The number of hydrogen-bond acceptors (Lipinski definition) is 5. The molecule has 2 N–H and O–H groups in total. The highest BCUT2D eigenvalue weighted by atomic mass is 79.9. The van der Waals surface area contributed by atoms with Crippen LogP contribution in [0.3, 0.4) is 0 Å². The number of ether oxygens (including phenoxy) is 1. The summed E-state index contributed by atoms with van der Waals surface area (Å²) in [5.41, 5.74) is 3.83. The standard InChI is InChI=1S/C23H20BrN3O3S/c1-30-15-5-2-13(3-6-15)22-26-18-8-9-27(12-20(18)31-22)21(23(28)29)17-11-25-19-10-14(24)4-7-16(17)19/h2-7,10-11,21,25H,8-9,12H2,1H3,(H,28,29)/t21-/m1/s1. The Morgan fingerprint density at radius 2 is 2.10 bits per heavy atom. The zero-order valence-electron chi connectivity index (χ0n) is 16.8. The monoisotopic (exact) mass is 497 g/mol. The predicted molar refractivity (Wildman–Crippen MR) is 125 cm³/mol. The first-order valence-electron chi connectivity index (χ1n) is 9.90. The molecule has 0 saturated heterocycles. The van der Waals surface area contributed by atoms with Crippen LogP contribution in [-0.2, 0) is 17.8 Å². The normalized spacial score (nSPS) is 15.0. The number of thiazole rings is 1. The Labute approximate surface area is 191 Å². The van der Waals surface area contributed by atoms with Crippen LogP contribution in [0.1, 0.15) is 22.2 Å². The molecule has 4 aromatic rings. The fraction of sp³-hybridized carbons (Fsp3) is 0.217. The van der Waals surface area contributed by atoms with Gasteiger partial charge in [-0.25, -0.2) is 4.98 Å². The first-order valence-corrected chi connectivity index (χ1v) is 11.5. The van der Waals surface area contributed by atoms with Gasteiger partial charge in [0.15, 0.2) is 0 Å². The minimum absolute atomic E-state index is 0.573. The van der Waals surface area contributed by atoms with Crippen molar-refractivity contribution in [3.05, 3.63) is 69.3 Å². The highest BCUT2D eigenvalue weighted by Crippen LogP contribution is 2.37. The lowest BCUT2D eigenvalue weighted by atomic mass is 10.0. The molecular weight excluding hydrogens is 478 g/mol. The van der Waals surface area contributed by atoms with Gasteiger partial charge in [0.1, 0.15) is 16.8 Å². The van der Waals surface area contributed by atoms with Gasteiger partial charge in [0.25, 0.3) is 0 Å². The van der Waals surface area contributed by atoms with Gasteiger partial charge in [-0.1, -0.05) is 22.0 Å². The number of halogens is 1. The number of rotatable bonds is 5. The third kappa shape index (κ3) is 3.75. The molecule has 2 aromatic carbocycles. The Hall–Kier alpha value is -2.68. The first kappa shape index (κ1) is 20.2. The molecule has 0 fully saturated rings. The third-order valence-electron chi connectivity index (χ3n) is 5.67. The molecule has 3 heterocycles. The minimum Gasteiger partial charge on any atom is -0.497 e. The fourth-order valence-corrected chi connectivity index (χ4v) is 5.63. The zero-order chi connectivity index (χ0) is 21.5.